The standard InChI is InChI=1S/C21H30N2OS/c1-14-5-7-15(8-6-14)19-13-25-10-9-23(19)21(24)18-11-16-3-2-4-17(12-18)20(16)22/h5-8,16-20H,2-4,9-13,22H2,1H3. The minimum atomic E-state index is 0.200. The number of aryl methyl sites for hydroxylation is 1. The Bertz CT molecular complexity index is 603. The maximum atomic E-state index is 13.4. The van der Waals surface area contributed by atoms with E-state index in [-0.39, 0.29) is 12.0 Å². The minimum Gasteiger partial charge on any atom is -0.334 e. The fraction of sp³-hybridized carbons (Fsp3) is 0.667. The molecule has 1 heterocycles. The second-order valence-corrected chi connectivity index (χ2v) is 9.38. The van der Waals surface area contributed by atoms with Gasteiger partial charge in [0.05, 0.1) is 6.04 Å². The van der Waals surface area contributed by atoms with Gasteiger partial charge < -0.3 is 10.6 Å². The molecule has 1 aliphatic heterocycles. The van der Waals surface area contributed by atoms with E-state index in [1.54, 1.807) is 0 Å². The van der Waals surface area contributed by atoms with Crippen LogP contribution in [0.25, 0.3) is 0 Å². The van der Waals surface area contributed by atoms with Crippen molar-refractivity contribution < 1.29 is 4.79 Å². The minimum absolute atomic E-state index is 0.200. The van der Waals surface area contributed by atoms with E-state index >= 15 is 0 Å². The third kappa shape index (κ3) is 3.48. The van der Waals surface area contributed by atoms with Crippen molar-refractivity contribution in [1.82, 2.24) is 4.90 Å². The van der Waals surface area contributed by atoms with Crippen molar-refractivity contribution in [2.45, 2.75) is 51.1 Å². The Labute approximate surface area is 155 Å². The third-order valence-corrected chi connectivity index (χ3v) is 7.66. The molecule has 2 saturated carbocycles. The smallest absolute Gasteiger partial charge is 0.226 e. The lowest BCUT2D eigenvalue weighted by Crippen LogP contribution is -2.51. The molecule has 4 rings (SSSR count). The average molecular weight is 359 g/mol. The number of carbonyl (C=O) groups is 1. The van der Waals surface area contributed by atoms with Gasteiger partial charge >= 0.3 is 0 Å². The molecule has 1 amide bonds. The van der Waals surface area contributed by atoms with Crippen molar-refractivity contribution in [3.63, 3.8) is 0 Å². The number of carbonyl (C=O) groups excluding carboxylic acids is 1. The summed E-state index contributed by atoms with van der Waals surface area (Å²) >= 11 is 1.97. The van der Waals surface area contributed by atoms with Crippen LogP contribution in [0.4, 0.5) is 0 Å². The van der Waals surface area contributed by atoms with Gasteiger partial charge in [-0.15, -0.1) is 0 Å². The second kappa shape index (κ2) is 7.32. The van der Waals surface area contributed by atoms with Crippen molar-refractivity contribution in [3.8, 4) is 0 Å². The molecule has 2 bridgehead atoms. The van der Waals surface area contributed by atoms with Crippen LogP contribution in [0.2, 0.25) is 0 Å². The van der Waals surface area contributed by atoms with Gasteiger partial charge in [0, 0.05) is 30.0 Å². The van der Waals surface area contributed by atoms with Gasteiger partial charge in [0.25, 0.3) is 0 Å². The van der Waals surface area contributed by atoms with Gasteiger partial charge in [-0.1, -0.05) is 36.2 Å². The van der Waals surface area contributed by atoms with Crippen LogP contribution in [0.15, 0.2) is 24.3 Å². The number of hydrogen-bond donors (Lipinski definition) is 1. The Hall–Kier alpha value is -1.00. The summed E-state index contributed by atoms with van der Waals surface area (Å²) in [4.78, 5) is 15.6. The van der Waals surface area contributed by atoms with Gasteiger partial charge in [0.2, 0.25) is 5.91 Å². The molecular formula is C21H30N2OS. The van der Waals surface area contributed by atoms with E-state index in [1.807, 2.05) is 11.8 Å². The quantitative estimate of drug-likeness (QED) is 0.875. The lowest BCUT2D eigenvalue weighted by molar-refractivity contribution is -0.140. The van der Waals surface area contributed by atoms with Crippen LogP contribution >= 0.6 is 11.8 Å². The number of fused-ring (bicyclic) bond motifs is 2. The SMILES string of the molecule is Cc1ccc(C2CSCCN2C(=O)C2CC3CCCC(C2)C3N)cc1. The average Bonchev–Trinajstić information content (AvgIpc) is 2.62. The molecule has 3 aliphatic rings. The van der Waals surface area contributed by atoms with Crippen LogP contribution in [0, 0.1) is 24.7 Å². The van der Waals surface area contributed by atoms with Crippen molar-refractivity contribution in [3.05, 3.63) is 35.4 Å². The molecule has 3 unspecified atom stereocenters. The molecule has 0 spiro atoms. The predicted octanol–water partition coefficient (Wildman–Crippen LogP) is 3.77. The van der Waals surface area contributed by atoms with E-state index < -0.39 is 0 Å². The van der Waals surface area contributed by atoms with E-state index in [9.17, 15) is 4.79 Å². The van der Waals surface area contributed by atoms with Gasteiger partial charge in [-0.05, 0) is 50.0 Å². The number of amides is 1. The Morgan fingerprint density at radius 2 is 1.84 bits per heavy atom. The molecule has 4 heteroatoms. The molecule has 2 aliphatic carbocycles. The fourth-order valence-electron chi connectivity index (χ4n) is 5.16. The first-order valence-electron chi connectivity index (χ1n) is 9.84. The van der Waals surface area contributed by atoms with E-state index in [1.165, 1.54) is 30.4 Å². The van der Waals surface area contributed by atoms with Crippen molar-refractivity contribution in [2.75, 3.05) is 18.1 Å². The van der Waals surface area contributed by atoms with Crippen LogP contribution in [0.5, 0.6) is 0 Å². The molecular weight excluding hydrogens is 328 g/mol. The van der Waals surface area contributed by atoms with Crippen LogP contribution in [-0.2, 0) is 4.79 Å². The summed E-state index contributed by atoms with van der Waals surface area (Å²) in [7, 11) is 0. The first kappa shape index (κ1) is 17.4. The third-order valence-electron chi connectivity index (χ3n) is 6.64. The highest BCUT2D eigenvalue weighted by atomic mass is 32.2. The number of benzene rings is 1. The van der Waals surface area contributed by atoms with Crippen LogP contribution in [0.3, 0.4) is 0 Å². The summed E-state index contributed by atoms with van der Waals surface area (Å²) in [6.07, 6.45) is 5.77. The highest BCUT2D eigenvalue weighted by Gasteiger charge is 2.43. The molecule has 0 radical (unpaired) electrons. The van der Waals surface area contributed by atoms with E-state index in [0.717, 1.165) is 30.9 Å². The van der Waals surface area contributed by atoms with E-state index in [4.69, 9.17) is 5.73 Å². The summed E-state index contributed by atoms with van der Waals surface area (Å²) in [5.74, 6) is 3.82. The molecule has 136 valence electrons. The van der Waals surface area contributed by atoms with Gasteiger partial charge in [0.15, 0.2) is 0 Å². The molecule has 1 aromatic carbocycles. The topological polar surface area (TPSA) is 46.3 Å². The largest absolute Gasteiger partial charge is 0.334 e. The summed E-state index contributed by atoms with van der Waals surface area (Å²) in [5.41, 5.74) is 9.00. The summed E-state index contributed by atoms with van der Waals surface area (Å²) < 4.78 is 0. The van der Waals surface area contributed by atoms with E-state index in [2.05, 4.69) is 36.1 Å². The molecule has 1 aromatic rings. The maximum Gasteiger partial charge on any atom is 0.226 e. The van der Waals surface area contributed by atoms with Crippen LogP contribution in [0.1, 0.15) is 49.3 Å². The number of thioether (sulfide) groups is 1. The summed E-state index contributed by atoms with van der Waals surface area (Å²) in [6.45, 7) is 3.01. The molecule has 25 heavy (non-hydrogen) atoms. The normalized spacial score (nSPS) is 35.4. The Balaban J connectivity index is 1.52. The first-order valence-corrected chi connectivity index (χ1v) is 11.0. The highest BCUT2D eigenvalue weighted by Crippen LogP contribution is 2.43. The van der Waals surface area contributed by atoms with Gasteiger partial charge in [-0.2, -0.15) is 11.8 Å². The molecule has 2 N–H and O–H groups in total. The van der Waals surface area contributed by atoms with E-state index in [0.29, 0.717) is 23.8 Å². The van der Waals surface area contributed by atoms with Gasteiger partial charge in [-0.25, -0.2) is 0 Å². The lowest BCUT2D eigenvalue weighted by atomic mass is 9.65. The van der Waals surface area contributed by atoms with Gasteiger partial charge in [-0.3, -0.25) is 4.79 Å². The predicted molar refractivity (Wildman–Crippen MR) is 104 cm³/mol. The zero-order chi connectivity index (χ0) is 17.4. The molecule has 3 fully saturated rings. The van der Waals surface area contributed by atoms with Crippen molar-refractivity contribution in [2.24, 2.45) is 23.5 Å². The Morgan fingerprint density at radius 1 is 1.16 bits per heavy atom. The number of nitrogens with two attached hydrogens (primary N) is 1. The number of rotatable bonds is 2. The number of hydrogen-bond acceptors (Lipinski definition) is 3. The second-order valence-electron chi connectivity index (χ2n) is 8.23. The molecule has 1 saturated heterocycles. The Kier molecular flexibility index (Phi) is 5.10. The van der Waals surface area contributed by atoms with Crippen LogP contribution < -0.4 is 5.73 Å². The van der Waals surface area contributed by atoms with Crippen molar-refractivity contribution in [1.29, 1.82) is 0 Å². The van der Waals surface area contributed by atoms with Gasteiger partial charge in [0.1, 0.15) is 0 Å². The van der Waals surface area contributed by atoms with Crippen molar-refractivity contribution >= 4 is 17.7 Å². The highest BCUT2D eigenvalue weighted by molar-refractivity contribution is 7.99. The summed E-state index contributed by atoms with van der Waals surface area (Å²) in [5, 5.41) is 0. The lowest BCUT2D eigenvalue weighted by Gasteiger charge is -2.46. The fourth-order valence-corrected chi connectivity index (χ4v) is 6.25. The first-order chi connectivity index (χ1) is 12.1. The summed E-state index contributed by atoms with van der Waals surface area (Å²) in [6, 6.07) is 9.32. The molecule has 3 atom stereocenters. The molecule has 0 aromatic heterocycles. The van der Waals surface area contributed by atoms with Crippen LogP contribution in [-0.4, -0.2) is 34.9 Å². The number of nitrogens with zero attached hydrogens (tertiary/aromatic N) is 1. The zero-order valence-corrected chi connectivity index (χ0v) is 16.0. The monoisotopic (exact) mass is 358 g/mol. The zero-order valence-electron chi connectivity index (χ0n) is 15.2. The molecule has 3 nitrogen and oxygen atoms in total. The maximum absolute atomic E-state index is 13.4. The Morgan fingerprint density at radius 3 is 2.52 bits per heavy atom.